The molecule has 4 nitrogen and oxygen atoms in total. The van der Waals surface area contributed by atoms with Crippen LogP contribution in [0.25, 0.3) is 10.9 Å². The largest absolute Gasteiger partial charge is 0.618 e. The molecule has 0 radical (unpaired) electrons. The highest BCUT2D eigenvalue weighted by molar-refractivity contribution is 5.75. The molecule has 0 saturated carbocycles. The zero-order valence-corrected chi connectivity index (χ0v) is 12.1. The van der Waals surface area contributed by atoms with E-state index in [4.69, 9.17) is 4.74 Å². The molecule has 0 saturated heterocycles. The fraction of sp³-hybridized carbons (Fsp3) is 0.375. The molecule has 0 aliphatic heterocycles. The summed E-state index contributed by atoms with van der Waals surface area (Å²) < 4.78 is 6.13. The number of carbonyl (C=O) groups excluding carboxylic acids is 1. The van der Waals surface area contributed by atoms with E-state index >= 15 is 0 Å². The summed E-state index contributed by atoms with van der Waals surface area (Å²) in [6.45, 7) is 5.48. The quantitative estimate of drug-likeness (QED) is 0.491. The molecule has 0 atom stereocenters. The fourth-order valence-corrected chi connectivity index (χ4v) is 2.03. The molecule has 2 aromatic rings. The molecule has 1 heterocycles. The van der Waals surface area contributed by atoms with Crippen LogP contribution in [0.2, 0.25) is 0 Å². The topological polar surface area (TPSA) is 53.2 Å². The second-order valence-electron chi connectivity index (χ2n) is 5.76. The van der Waals surface area contributed by atoms with Gasteiger partial charge >= 0.3 is 5.97 Å². The normalized spacial score (nSPS) is 11.6. The third-order valence-corrected chi connectivity index (χ3v) is 2.88. The number of pyridine rings is 1. The van der Waals surface area contributed by atoms with Crippen LogP contribution < -0.4 is 4.73 Å². The van der Waals surface area contributed by atoms with Gasteiger partial charge in [0.25, 0.3) is 0 Å². The highest BCUT2D eigenvalue weighted by Gasteiger charge is 2.18. The minimum atomic E-state index is -0.492. The van der Waals surface area contributed by atoms with Gasteiger partial charge < -0.3 is 9.94 Å². The Balaban J connectivity index is 2.11. The van der Waals surface area contributed by atoms with E-state index in [1.54, 1.807) is 12.1 Å². The molecule has 0 N–H and O–H groups in total. The molecule has 0 spiro atoms. The summed E-state index contributed by atoms with van der Waals surface area (Å²) in [7, 11) is 0. The van der Waals surface area contributed by atoms with Crippen molar-refractivity contribution in [3.05, 3.63) is 47.3 Å². The lowest BCUT2D eigenvalue weighted by Gasteiger charge is -2.19. The van der Waals surface area contributed by atoms with Crippen molar-refractivity contribution < 1.29 is 14.3 Å². The van der Waals surface area contributed by atoms with Crippen LogP contribution in [0.1, 0.15) is 32.9 Å². The van der Waals surface area contributed by atoms with Gasteiger partial charge in [-0.2, -0.15) is 4.73 Å². The first kappa shape index (κ1) is 14.3. The molecule has 4 heteroatoms. The van der Waals surface area contributed by atoms with Gasteiger partial charge in [-0.25, -0.2) is 0 Å². The number of ether oxygens (including phenoxy) is 1. The number of hydrogen-bond donors (Lipinski definition) is 0. The molecule has 0 bridgehead atoms. The van der Waals surface area contributed by atoms with Crippen molar-refractivity contribution >= 4 is 16.9 Å². The van der Waals surface area contributed by atoms with Crippen molar-refractivity contribution in [2.75, 3.05) is 0 Å². The minimum Gasteiger partial charge on any atom is -0.618 e. The lowest BCUT2D eigenvalue weighted by Crippen LogP contribution is -2.33. The molecular weight excluding hydrogens is 254 g/mol. The van der Waals surface area contributed by atoms with Crippen molar-refractivity contribution in [2.45, 2.75) is 39.2 Å². The van der Waals surface area contributed by atoms with E-state index in [1.807, 2.05) is 45.0 Å². The smallest absolute Gasteiger partial charge is 0.306 e. The summed E-state index contributed by atoms with van der Waals surface area (Å²) in [6, 6.07) is 11.0. The average molecular weight is 273 g/mol. The number of esters is 1. The van der Waals surface area contributed by atoms with Gasteiger partial charge in [0.15, 0.2) is 5.69 Å². The van der Waals surface area contributed by atoms with Crippen LogP contribution in [0.4, 0.5) is 0 Å². The minimum absolute atomic E-state index is 0.206. The fourth-order valence-electron chi connectivity index (χ4n) is 2.03. The van der Waals surface area contributed by atoms with Gasteiger partial charge in [-0.1, -0.05) is 12.1 Å². The first-order valence-corrected chi connectivity index (χ1v) is 6.69. The number of hydrogen-bond acceptors (Lipinski definition) is 3. The second kappa shape index (κ2) is 5.49. The van der Waals surface area contributed by atoms with Gasteiger partial charge in [-0.3, -0.25) is 4.79 Å². The van der Waals surface area contributed by atoms with E-state index in [-0.39, 0.29) is 12.4 Å². The van der Waals surface area contributed by atoms with E-state index in [1.165, 1.54) is 0 Å². The van der Waals surface area contributed by atoms with Gasteiger partial charge in [-0.15, -0.1) is 0 Å². The number of carbonyl (C=O) groups is 1. The lowest BCUT2D eigenvalue weighted by atomic mass is 10.1. The molecule has 0 aliphatic rings. The number of fused-ring (bicyclic) bond motifs is 1. The number of benzene rings is 1. The van der Waals surface area contributed by atoms with Gasteiger partial charge in [-0.05, 0) is 32.9 Å². The maximum absolute atomic E-state index is 12.2. The number of para-hydroxylation sites is 1. The summed E-state index contributed by atoms with van der Waals surface area (Å²) in [5.74, 6) is -0.286. The third kappa shape index (κ3) is 3.47. The monoisotopic (exact) mass is 273 g/mol. The van der Waals surface area contributed by atoms with Crippen LogP contribution in [0, 0.1) is 5.21 Å². The summed E-state index contributed by atoms with van der Waals surface area (Å²) in [6.07, 6.45) is 0.584. The number of nitrogens with zero attached hydrogens (tertiary/aromatic N) is 1. The van der Waals surface area contributed by atoms with Crippen molar-refractivity contribution in [3.63, 3.8) is 0 Å². The molecule has 2 rings (SSSR count). The van der Waals surface area contributed by atoms with Crippen LogP contribution in [0.3, 0.4) is 0 Å². The van der Waals surface area contributed by atoms with Gasteiger partial charge in [0.2, 0.25) is 5.52 Å². The van der Waals surface area contributed by atoms with E-state index < -0.39 is 5.60 Å². The zero-order valence-electron chi connectivity index (χ0n) is 12.1. The van der Waals surface area contributed by atoms with Crippen molar-refractivity contribution in [2.24, 2.45) is 0 Å². The van der Waals surface area contributed by atoms with E-state index in [9.17, 15) is 10.0 Å². The molecule has 106 valence electrons. The molecule has 1 aromatic carbocycles. The lowest BCUT2D eigenvalue weighted by molar-refractivity contribution is -0.586. The van der Waals surface area contributed by atoms with E-state index in [2.05, 4.69) is 0 Å². The molecule has 1 aromatic heterocycles. The Morgan fingerprint density at radius 3 is 2.60 bits per heavy atom. The van der Waals surface area contributed by atoms with Crippen LogP contribution >= 0.6 is 0 Å². The molecule has 0 unspecified atom stereocenters. The summed E-state index contributed by atoms with van der Waals surface area (Å²) >= 11 is 0. The predicted octanol–water partition coefficient (Wildman–Crippen LogP) is 2.75. The van der Waals surface area contributed by atoms with Crippen LogP contribution in [-0.2, 0) is 16.0 Å². The van der Waals surface area contributed by atoms with E-state index in [0.29, 0.717) is 17.6 Å². The van der Waals surface area contributed by atoms with Crippen LogP contribution in [0.5, 0.6) is 0 Å². The van der Waals surface area contributed by atoms with Gasteiger partial charge in [0.1, 0.15) is 5.60 Å². The first-order valence-electron chi connectivity index (χ1n) is 6.69. The average Bonchev–Trinajstić information content (AvgIpc) is 2.36. The Labute approximate surface area is 118 Å². The maximum atomic E-state index is 12.2. The van der Waals surface area contributed by atoms with E-state index in [0.717, 1.165) is 10.1 Å². The number of aromatic nitrogens is 1. The molecule has 0 amide bonds. The van der Waals surface area contributed by atoms with Gasteiger partial charge in [0.05, 0.1) is 6.42 Å². The van der Waals surface area contributed by atoms with Crippen molar-refractivity contribution in [1.82, 2.24) is 0 Å². The van der Waals surface area contributed by atoms with Gasteiger partial charge in [0, 0.05) is 23.9 Å². The Bertz CT molecular complexity index is 629. The second-order valence-corrected chi connectivity index (χ2v) is 5.76. The first-order chi connectivity index (χ1) is 9.37. The SMILES string of the molecule is CC(C)(C)OC(=O)CCc1ccc2ccccc2[n+]1[O-]. The standard InChI is InChI=1S/C16H19NO3/c1-16(2,3)20-15(18)11-10-13-9-8-12-6-4-5-7-14(12)17(13)19/h4-9H,10-11H2,1-3H3. The summed E-state index contributed by atoms with van der Waals surface area (Å²) in [5, 5.41) is 13.1. The Hall–Kier alpha value is -2.10. The molecule has 0 fully saturated rings. The highest BCUT2D eigenvalue weighted by atomic mass is 16.6. The molecular formula is C16H19NO3. The number of rotatable bonds is 3. The van der Waals surface area contributed by atoms with Crippen molar-refractivity contribution in [3.8, 4) is 0 Å². The summed E-state index contributed by atoms with van der Waals surface area (Å²) in [4.78, 5) is 11.7. The van der Waals surface area contributed by atoms with Crippen LogP contribution in [0.15, 0.2) is 36.4 Å². The Morgan fingerprint density at radius 2 is 1.90 bits per heavy atom. The predicted molar refractivity (Wildman–Crippen MR) is 77.1 cm³/mol. The third-order valence-electron chi connectivity index (χ3n) is 2.88. The Kier molecular flexibility index (Phi) is 3.93. The highest BCUT2D eigenvalue weighted by Crippen LogP contribution is 2.12. The van der Waals surface area contributed by atoms with Crippen molar-refractivity contribution in [1.29, 1.82) is 0 Å². The molecule has 20 heavy (non-hydrogen) atoms. The zero-order chi connectivity index (χ0) is 14.8. The maximum Gasteiger partial charge on any atom is 0.306 e. The Morgan fingerprint density at radius 1 is 1.20 bits per heavy atom. The number of aryl methyl sites for hydroxylation is 1. The van der Waals surface area contributed by atoms with Crippen LogP contribution in [-0.4, -0.2) is 11.6 Å². The summed E-state index contributed by atoms with van der Waals surface area (Å²) in [5.41, 5.74) is 0.706. The molecule has 0 aliphatic carbocycles.